The number of nitrogens with zero attached hydrogens (tertiary/aromatic N) is 8. The Morgan fingerprint density at radius 2 is 0.644 bits per heavy atom. The number of benzene rings is 15. The van der Waals surface area contributed by atoms with E-state index < -0.39 is 0 Å². The number of fused-ring (bicyclic) bond motifs is 18. The van der Waals surface area contributed by atoms with E-state index in [-0.39, 0.29) is 0 Å². The van der Waals surface area contributed by atoms with E-state index in [1.54, 1.807) is 0 Å². The highest BCUT2D eigenvalue weighted by Crippen LogP contribution is 2.45. The number of thiophene rings is 1. The molecule has 0 bridgehead atoms. The Hall–Kier alpha value is -13.3. The third kappa shape index (κ3) is 8.42. The Labute approximate surface area is 581 Å². The number of para-hydroxylation sites is 7. The molecule has 0 fully saturated rings. The fourth-order valence-corrected chi connectivity index (χ4v) is 17.6. The molecule has 468 valence electrons. The van der Waals surface area contributed by atoms with Crippen LogP contribution in [-0.4, -0.2) is 38.2 Å². The van der Waals surface area contributed by atoms with Crippen molar-refractivity contribution in [2.24, 2.45) is 0 Å². The summed E-state index contributed by atoms with van der Waals surface area (Å²) in [6.07, 6.45) is 0. The summed E-state index contributed by atoms with van der Waals surface area (Å²) in [5.41, 5.74) is 21.3. The lowest BCUT2D eigenvalue weighted by molar-refractivity contribution is 1.01. The maximum absolute atomic E-state index is 5.58. The summed E-state index contributed by atoms with van der Waals surface area (Å²) < 4.78 is 11.8. The van der Waals surface area contributed by atoms with Crippen molar-refractivity contribution >= 4 is 151 Å². The van der Waals surface area contributed by atoms with Gasteiger partial charge in [-0.15, -0.1) is 11.3 Å². The first-order valence-corrected chi connectivity index (χ1v) is 35.1. The van der Waals surface area contributed by atoms with E-state index in [4.69, 9.17) is 19.9 Å². The van der Waals surface area contributed by atoms with Crippen molar-refractivity contribution in [1.82, 2.24) is 38.2 Å². The van der Waals surface area contributed by atoms with Crippen molar-refractivity contribution in [2.45, 2.75) is 0 Å². The van der Waals surface area contributed by atoms with Crippen LogP contribution in [-0.2, 0) is 0 Å². The average Bonchev–Trinajstić information content (AvgIpc) is 1.60. The zero-order chi connectivity index (χ0) is 66.0. The summed E-state index contributed by atoms with van der Waals surface area (Å²) in [6, 6.07) is 119. The lowest BCUT2D eigenvalue weighted by Crippen LogP contribution is -2.03. The summed E-state index contributed by atoms with van der Waals surface area (Å²) in [6.45, 7) is 0. The second kappa shape index (κ2) is 21.6. The predicted octanol–water partition coefficient (Wildman–Crippen LogP) is 24.2. The van der Waals surface area contributed by atoms with Crippen molar-refractivity contribution in [3.05, 3.63) is 328 Å². The van der Waals surface area contributed by atoms with E-state index in [1.807, 2.05) is 11.3 Å². The normalized spacial score (nSPS) is 12.2. The van der Waals surface area contributed by atoms with Crippen LogP contribution >= 0.6 is 11.3 Å². The standard InChI is InChI=1S/C92H54N8S/c1-2-19-56(20-3-1)88-73-45-41-58(52-78(73)94-92(95-88)100-84-36-17-10-26-70(84)75-54-63(44-47-86(75)100)98-81-33-14-7-23-67(81)68-24-8-15-34-82(68)98)57-42-48-87-76(51-57)71-29-18-28-64(90(71)101-87)59-39-37-55-38-40-60(50-61(55)49-59)89-72-27-4-11-30-77(72)93-91(96-89)99-83-35-16-9-25-69(83)74-53-62(43-46-85(74)99)97-79-31-12-5-21-65(79)66-22-6-13-32-80(66)97/h1-54H. The van der Waals surface area contributed by atoms with Gasteiger partial charge in [-0.2, -0.15) is 0 Å². The van der Waals surface area contributed by atoms with E-state index in [9.17, 15) is 0 Å². The van der Waals surface area contributed by atoms with Gasteiger partial charge < -0.3 is 9.13 Å². The van der Waals surface area contributed by atoms with E-state index in [1.165, 1.54) is 69.3 Å². The minimum Gasteiger partial charge on any atom is -0.309 e. The van der Waals surface area contributed by atoms with Gasteiger partial charge in [-0.1, -0.05) is 212 Å². The van der Waals surface area contributed by atoms with Gasteiger partial charge in [0.15, 0.2) is 0 Å². The Bertz CT molecular complexity index is 7180. The molecule has 9 heteroatoms. The Morgan fingerprint density at radius 1 is 0.218 bits per heavy atom. The van der Waals surface area contributed by atoms with Crippen molar-refractivity contribution in [3.63, 3.8) is 0 Å². The van der Waals surface area contributed by atoms with Crippen LogP contribution < -0.4 is 0 Å². The molecule has 22 aromatic rings. The zero-order valence-corrected chi connectivity index (χ0v) is 55.0. The van der Waals surface area contributed by atoms with E-state index in [2.05, 4.69) is 346 Å². The molecule has 0 aliphatic rings. The third-order valence-corrected chi connectivity index (χ3v) is 22.2. The summed E-state index contributed by atoms with van der Waals surface area (Å²) in [5.74, 6) is 1.25. The maximum atomic E-state index is 5.58. The van der Waals surface area contributed by atoms with Crippen LogP contribution in [0.1, 0.15) is 0 Å². The van der Waals surface area contributed by atoms with Gasteiger partial charge in [0.2, 0.25) is 11.9 Å². The second-order valence-corrected chi connectivity index (χ2v) is 27.5. The molecule has 7 heterocycles. The average molecular weight is 1300 g/mol. The van der Waals surface area contributed by atoms with Crippen LogP contribution in [0, 0.1) is 0 Å². The van der Waals surface area contributed by atoms with Crippen molar-refractivity contribution < 1.29 is 0 Å². The second-order valence-electron chi connectivity index (χ2n) is 26.5. The van der Waals surface area contributed by atoms with E-state index in [0.29, 0.717) is 11.9 Å². The highest BCUT2D eigenvalue weighted by Gasteiger charge is 2.24. The molecule has 8 nitrogen and oxygen atoms in total. The van der Waals surface area contributed by atoms with Crippen LogP contribution in [0.15, 0.2) is 328 Å². The Balaban J connectivity index is 0.633. The van der Waals surface area contributed by atoms with Crippen LogP contribution in [0.4, 0.5) is 0 Å². The minimum atomic E-state index is 0.625. The molecule has 0 atom stereocenters. The van der Waals surface area contributed by atoms with Gasteiger partial charge in [-0.05, 0) is 148 Å². The topological polar surface area (TPSA) is 71.3 Å². The maximum Gasteiger partial charge on any atom is 0.235 e. The van der Waals surface area contributed by atoms with Crippen LogP contribution in [0.5, 0.6) is 0 Å². The molecule has 0 spiro atoms. The summed E-state index contributed by atoms with van der Waals surface area (Å²) in [7, 11) is 0. The first-order valence-electron chi connectivity index (χ1n) is 34.3. The number of hydrogen-bond donors (Lipinski definition) is 0. The summed E-state index contributed by atoms with van der Waals surface area (Å²) >= 11 is 1.86. The number of hydrogen-bond acceptors (Lipinski definition) is 5. The lowest BCUT2D eigenvalue weighted by Gasteiger charge is -2.13. The quantitative estimate of drug-likeness (QED) is 0.152. The van der Waals surface area contributed by atoms with Crippen molar-refractivity contribution in [2.75, 3.05) is 0 Å². The molecule has 0 saturated heterocycles. The largest absolute Gasteiger partial charge is 0.309 e. The van der Waals surface area contributed by atoms with Gasteiger partial charge in [0.05, 0.1) is 66.6 Å². The summed E-state index contributed by atoms with van der Waals surface area (Å²) in [4.78, 5) is 22.0. The molecule has 0 radical (unpaired) electrons. The van der Waals surface area contributed by atoms with Gasteiger partial charge in [0.25, 0.3) is 0 Å². The fraction of sp³-hybridized carbons (Fsp3) is 0. The van der Waals surface area contributed by atoms with Crippen molar-refractivity contribution in [3.8, 4) is 68.0 Å². The highest BCUT2D eigenvalue weighted by atomic mass is 32.1. The Morgan fingerprint density at radius 3 is 1.23 bits per heavy atom. The van der Waals surface area contributed by atoms with Crippen LogP contribution in [0.3, 0.4) is 0 Å². The third-order valence-electron chi connectivity index (χ3n) is 21.0. The summed E-state index contributed by atoms with van der Waals surface area (Å²) in [5, 5.41) is 16.3. The van der Waals surface area contributed by atoms with Gasteiger partial charge in [0, 0.05) is 96.5 Å². The Kier molecular flexibility index (Phi) is 11.9. The number of rotatable bonds is 8. The van der Waals surface area contributed by atoms with Gasteiger partial charge in [-0.3, -0.25) is 9.13 Å². The molecule has 0 saturated carbocycles. The minimum absolute atomic E-state index is 0.625. The monoisotopic (exact) mass is 1300 g/mol. The zero-order valence-electron chi connectivity index (χ0n) is 54.2. The van der Waals surface area contributed by atoms with Crippen LogP contribution in [0.25, 0.3) is 208 Å². The fourth-order valence-electron chi connectivity index (χ4n) is 16.4. The molecule has 0 amide bonds. The van der Waals surface area contributed by atoms with Gasteiger partial charge in [0.1, 0.15) is 0 Å². The van der Waals surface area contributed by atoms with Gasteiger partial charge >= 0.3 is 0 Å². The first-order chi connectivity index (χ1) is 50.1. The smallest absolute Gasteiger partial charge is 0.235 e. The van der Waals surface area contributed by atoms with E-state index in [0.717, 1.165) is 127 Å². The van der Waals surface area contributed by atoms with Crippen molar-refractivity contribution in [1.29, 1.82) is 0 Å². The molecular formula is C92H54N8S. The molecule has 0 N–H and O–H groups in total. The molecule has 15 aromatic carbocycles. The predicted molar refractivity (Wildman–Crippen MR) is 422 cm³/mol. The van der Waals surface area contributed by atoms with Crippen LogP contribution in [0.2, 0.25) is 0 Å². The molecular weight excluding hydrogens is 1250 g/mol. The lowest BCUT2D eigenvalue weighted by atomic mass is 9.96. The molecule has 0 aliphatic heterocycles. The first kappa shape index (κ1) is 55.8. The van der Waals surface area contributed by atoms with E-state index >= 15 is 0 Å². The molecule has 7 aromatic heterocycles. The molecule has 0 unspecified atom stereocenters. The molecule has 101 heavy (non-hydrogen) atoms. The molecule has 22 rings (SSSR count). The molecule has 0 aliphatic carbocycles. The highest BCUT2D eigenvalue weighted by molar-refractivity contribution is 7.26. The number of aromatic nitrogens is 8. The SMILES string of the molecule is c1ccc(-c2nc(-n3c4ccccc4c4cc(-n5c6ccccc6c6ccccc65)ccc43)nc3cc(-c4ccc5sc6c(-c7ccc8ccc(-c9nc(-n%10c%11ccccc%11c%11cc(-n%12c%13ccccc%13c%13ccccc%13%12)ccc%11%10)nc%10ccccc9%10)cc8c7)cccc6c5c4)ccc23)cc1. The van der Waals surface area contributed by atoms with Gasteiger partial charge in [-0.25, -0.2) is 19.9 Å².